The lowest BCUT2D eigenvalue weighted by molar-refractivity contribution is 0.0950. The van der Waals surface area contributed by atoms with Crippen molar-refractivity contribution in [3.8, 4) is 0 Å². The van der Waals surface area contributed by atoms with Crippen LogP contribution in [-0.2, 0) is 6.42 Å². The zero-order valence-corrected chi connectivity index (χ0v) is 10.0. The molecule has 2 rings (SSSR count). The van der Waals surface area contributed by atoms with Crippen molar-refractivity contribution < 1.29 is 9.32 Å². The third-order valence-corrected chi connectivity index (χ3v) is 3.02. The Labute approximate surface area is 100 Å². The van der Waals surface area contributed by atoms with Crippen LogP contribution in [0.5, 0.6) is 0 Å². The van der Waals surface area contributed by atoms with Crippen LogP contribution < -0.4 is 10.6 Å². The summed E-state index contributed by atoms with van der Waals surface area (Å²) in [6.45, 7) is 1.10. The van der Waals surface area contributed by atoms with E-state index in [-0.39, 0.29) is 11.7 Å². The van der Waals surface area contributed by atoms with Crippen molar-refractivity contribution in [2.45, 2.75) is 38.1 Å². The van der Waals surface area contributed by atoms with Crippen LogP contribution >= 0.6 is 0 Å². The van der Waals surface area contributed by atoms with Gasteiger partial charge >= 0.3 is 0 Å². The number of carbonyl (C=O) groups excluding carboxylic acids is 1. The molecule has 1 fully saturated rings. The number of piperidine rings is 1. The molecule has 94 valence electrons. The second-order valence-electron chi connectivity index (χ2n) is 4.28. The van der Waals surface area contributed by atoms with Gasteiger partial charge < -0.3 is 15.2 Å². The number of hydrogen-bond acceptors (Lipinski definition) is 5. The largest absolute Gasteiger partial charge is 0.352 e. The van der Waals surface area contributed by atoms with Crippen LogP contribution in [0.3, 0.4) is 0 Å². The molecule has 1 unspecified atom stereocenters. The second-order valence-corrected chi connectivity index (χ2v) is 4.28. The van der Waals surface area contributed by atoms with Gasteiger partial charge in [0.25, 0.3) is 11.7 Å². The molecule has 0 bridgehead atoms. The van der Waals surface area contributed by atoms with Gasteiger partial charge in [-0.25, -0.2) is 0 Å². The molecule has 6 heteroatoms. The smallest absolute Gasteiger partial charge is 0.292 e. The summed E-state index contributed by atoms with van der Waals surface area (Å²) in [5.74, 6) is 0.339. The fourth-order valence-electron chi connectivity index (χ4n) is 2.03. The van der Waals surface area contributed by atoms with Crippen LogP contribution in [0.2, 0.25) is 0 Å². The van der Waals surface area contributed by atoms with Crippen LogP contribution in [0.25, 0.3) is 0 Å². The van der Waals surface area contributed by atoms with E-state index in [2.05, 4.69) is 20.8 Å². The van der Waals surface area contributed by atoms with Gasteiger partial charge in [-0.2, -0.15) is 4.98 Å². The van der Waals surface area contributed by atoms with Crippen LogP contribution in [0.1, 0.15) is 42.2 Å². The molecule has 1 amide bonds. The van der Waals surface area contributed by atoms with E-state index in [1.54, 1.807) is 7.05 Å². The van der Waals surface area contributed by atoms with E-state index in [1.807, 2.05) is 0 Å². The van der Waals surface area contributed by atoms with E-state index in [0.717, 1.165) is 19.4 Å². The predicted molar refractivity (Wildman–Crippen MR) is 61.7 cm³/mol. The molecule has 17 heavy (non-hydrogen) atoms. The summed E-state index contributed by atoms with van der Waals surface area (Å²) in [5.41, 5.74) is 0. The van der Waals surface area contributed by atoms with E-state index >= 15 is 0 Å². The van der Waals surface area contributed by atoms with Crippen LogP contribution in [0.15, 0.2) is 4.52 Å². The first-order valence-electron chi connectivity index (χ1n) is 6.07. The van der Waals surface area contributed by atoms with E-state index in [1.165, 1.54) is 19.3 Å². The average Bonchev–Trinajstić information content (AvgIpc) is 2.85. The summed E-state index contributed by atoms with van der Waals surface area (Å²) in [4.78, 5) is 15.3. The Balaban J connectivity index is 1.82. The molecule has 0 radical (unpaired) electrons. The van der Waals surface area contributed by atoms with Gasteiger partial charge in [-0.15, -0.1) is 0 Å². The van der Waals surface area contributed by atoms with E-state index < -0.39 is 0 Å². The van der Waals surface area contributed by atoms with Crippen molar-refractivity contribution in [3.63, 3.8) is 0 Å². The first-order valence-corrected chi connectivity index (χ1v) is 6.07. The molecule has 2 N–H and O–H groups in total. The Morgan fingerprint density at radius 3 is 3.18 bits per heavy atom. The monoisotopic (exact) mass is 238 g/mol. The molecule has 1 aromatic rings. The molecule has 1 atom stereocenters. The Hall–Kier alpha value is -1.43. The summed E-state index contributed by atoms with van der Waals surface area (Å²) >= 11 is 0. The summed E-state index contributed by atoms with van der Waals surface area (Å²) in [7, 11) is 1.55. The predicted octanol–water partition coefficient (Wildman–Crippen LogP) is 0.504. The van der Waals surface area contributed by atoms with E-state index in [4.69, 9.17) is 4.52 Å². The topological polar surface area (TPSA) is 80.0 Å². The van der Waals surface area contributed by atoms with Gasteiger partial charge in [-0.05, 0) is 25.8 Å². The van der Waals surface area contributed by atoms with Crippen molar-refractivity contribution in [1.82, 2.24) is 20.8 Å². The summed E-state index contributed by atoms with van der Waals surface area (Å²) in [5, 5.41) is 9.56. The molecule has 0 saturated carbocycles. The minimum absolute atomic E-state index is 0.110. The SMILES string of the molecule is CNC(=O)c1noc(CCC2CCCCN2)n1. The third-order valence-electron chi connectivity index (χ3n) is 3.02. The molecule has 1 aliphatic rings. The highest BCUT2D eigenvalue weighted by Crippen LogP contribution is 2.12. The zero-order chi connectivity index (χ0) is 12.1. The number of carbonyl (C=O) groups is 1. The first kappa shape index (κ1) is 12.0. The van der Waals surface area contributed by atoms with Crippen molar-refractivity contribution in [3.05, 3.63) is 11.7 Å². The number of hydrogen-bond donors (Lipinski definition) is 2. The molecule has 6 nitrogen and oxygen atoms in total. The number of amides is 1. The van der Waals surface area contributed by atoms with Crippen LogP contribution in [0.4, 0.5) is 0 Å². The summed E-state index contributed by atoms with van der Waals surface area (Å²) in [6, 6.07) is 0.541. The number of nitrogens with zero attached hydrogens (tertiary/aromatic N) is 2. The van der Waals surface area contributed by atoms with Gasteiger partial charge in [-0.3, -0.25) is 4.79 Å². The molecule has 0 aliphatic carbocycles. The van der Waals surface area contributed by atoms with Gasteiger partial charge in [-0.1, -0.05) is 11.6 Å². The van der Waals surface area contributed by atoms with E-state index in [9.17, 15) is 4.79 Å². The number of aryl methyl sites for hydroxylation is 1. The molecular formula is C11H18N4O2. The summed E-state index contributed by atoms with van der Waals surface area (Å²) < 4.78 is 5.03. The highest BCUT2D eigenvalue weighted by Gasteiger charge is 2.16. The lowest BCUT2D eigenvalue weighted by Gasteiger charge is -2.22. The Morgan fingerprint density at radius 1 is 1.59 bits per heavy atom. The maximum Gasteiger partial charge on any atom is 0.292 e. The lowest BCUT2D eigenvalue weighted by atomic mass is 10.0. The molecule has 2 heterocycles. The van der Waals surface area contributed by atoms with Gasteiger partial charge in [0.2, 0.25) is 5.89 Å². The minimum Gasteiger partial charge on any atom is -0.352 e. The normalized spacial score (nSPS) is 20.2. The minimum atomic E-state index is -0.309. The Kier molecular flexibility index (Phi) is 4.08. The molecule has 1 saturated heterocycles. The molecular weight excluding hydrogens is 220 g/mol. The third kappa shape index (κ3) is 3.26. The maximum atomic E-state index is 11.2. The maximum absolute atomic E-state index is 11.2. The fraction of sp³-hybridized carbons (Fsp3) is 0.727. The van der Waals surface area contributed by atoms with Crippen molar-refractivity contribution in [2.75, 3.05) is 13.6 Å². The highest BCUT2D eigenvalue weighted by molar-refractivity contribution is 5.89. The number of aromatic nitrogens is 2. The molecule has 1 aromatic heterocycles. The standard InChI is InChI=1S/C11H18N4O2/c1-12-11(16)10-14-9(17-15-10)6-5-8-4-2-3-7-13-8/h8,13H,2-7H2,1H3,(H,12,16). The molecule has 0 spiro atoms. The van der Waals surface area contributed by atoms with E-state index in [0.29, 0.717) is 11.9 Å². The summed E-state index contributed by atoms with van der Waals surface area (Å²) in [6.07, 6.45) is 5.45. The van der Waals surface area contributed by atoms with Crippen LogP contribution in [-0.4, -0.2) is 35.7 Å². The quantitative estimate of drug-likeness (QED) is 0.798. The van der Waals surface area contributed by atoms with Gasteiger partial charge in [0.1, 0.15) is 0 Å². The zero-order valence-electron chi connectivity index (χ0n) is 10.0. The number of rotatable bonds is 4. The Morgan fingerprint density at radius 2 is 2.47 bits per heavy atom. The van der Waals surface area contributed by atoms with Crippen molar-refractivity contribution in [1.29, 1.82) is 0 Å². The van der Waals surface area contributed by atoms with Crippen molar-refractivity contribution in [2.24, 2.45) is 0 Å². The van der Waals surface area contributed by atoms with Gasteiger partial charge in [0.05, 0.1) is 0 Å². The molecule has 0 aromatic carbocycles. The van der Waals surface area contributed by atoms with Crippen LogP contribution in [0, 0.1) is 0 Å². The first-order chi connectivity index (χ1) is 8.29. The number of nitrogens with one attached hydrogen (secondary N) is 2. The lowest BCUT2D eigenvalue weighted by Crippen LogP contribution is -2.34. The average molecular weight is 238 g/mol. The van der Waals surface area contributed by atoms with Gasteiger partial charge in [0.15, 0.2) is 0 Å². The van der Waals surface area contributed by atoms with Gasteiger partial charge in [0, 0.05) is 19.5 Å². The fourth-order valence-corrected chi connectivity index (χ4v) is 2.03. The second kappa shape index (κ2) is 5.77. The highest BCUT2D eigenvalue weighted by atomic mass is 16.5. The Bertz CT molecular complexity index is 371. The molecule has 1 aliphatic heterocycles. The van der Waals surface area contributed by atoms with Crippen molar-refractivity contribution >= 4 is 5.91 Å².